The lowest BCUT2D eigenvalue weighted by molar-refractivity contribution is -0.137. The summed E-state index contributed by atoms with van der Waals surface area (Å²) in [6.45, 7) is 4.78. The smallest absolute Gasteiger partial charge is 0.421 e. The Bertz CT molecular complexity index is 1010. The molecule has 0 aliphatic heterocycles. The van der Waals surface area contributed by atoms with E-state index in [2.05, 4.69) is 27.5 Å². The van der Waals surface area contributed by atoms with Crippen LogP contribution in [-0.2, 0) is 12.6 Å². The van der Waals surface area contributed by atoms with E-state index in [1.54, 1.807) is 30.3 Å². The maximum Gasteiger partial charge on any atom is 0.421 e. The Morgan fingerprint density at radius 1 is 0.938 bits per heavy atom. The number of hydrogen-bond acceptors (Lipinski definition) is 5. The van der Waals surface area contributed by atoms with Gasteiger partial charge in [0.15, 0.2) is 0 Å². The molecule has 0 aliphatic carbocycles. The molecule has 0 spiro atoms. The van der Waals surface area contributed by atoms with E-state index < -0.39 is 11.7 Å². The minimum Gasteiger partial charge on any atom is -0.494 e. The molecule has 32 heavy (non-hydrogen) atoms. The lowest BCUT2D eigenvalue weighted by Gasteiger charge is -2.15. The van der Waals surface area contributed by atoms with Crippen LogP contribution < -0.4 is 15.4 Å². The van der Waals surface area contributed by atoms with Gasteiger partial charge in [0.05, 0.1) is 6.61 Å². The number of anilines is 4. The Morgan fingerprint density at radius 2 is 1.72 bits per heavy atom. The Balaban J connectivity index is 1.80. The van der Waals surface area contributed by atoms with Crippen molar-refractivity contribution in [2.45, 2.75) is 45.7 Å². The number of nitrogens with zero attached hydrogens (tertiary/aromatic N) is 2. The van der Waals surface area contributed by atoms with E-state index in [1.807, 2.05) is 25.1 Å². The van der Waals surface area contributed by atoms with Gasteiger partial charge in [0.2, 0.25) is 5.95 Å². The second-order valence-corrected chi connectivity index (χ2v) is 7.38. The van der Waals surface area contributed by atoms with Gasteiger partial charge in [0.25, 0.3) is 0 Å². The van der Waals surface area contributed by atoms with Crippen LogP contribution in [0.4, 0.5) is 36.3 Å². The third-order valence-corrected chi connectivity index (χ3v) is 4.70. The van der Waals surface area contributed by atoms with Crippen molar-refractivity contribution in [1.29, 1.82) is 0 Å². The maximum absolute atomic E-state index is 13.5. The number of unbranched alkanes of at least 4 members (excludes halogenated alkanes) is 1. The fraction of sp³-hybridized carbons (Fsp3) is 0.333. The van der Waals surface area contributed by atoms with Gasteiger partial charge in [0, 0.05) is 17.6 Å². The number of alkyl halides is 3. The van der Waals surface area contributed by atoms with Gasteiger partial charge in [-0.15, -0.1) is 0 Å². The van der Waals surface area contributed by atoms with E-state index >= 15 is 0 Å². The molecule has 5 nitrogen and oxygen atoms in total. The van der Waals surface area contributed by atoms with Crippen molar-refractivity contribution in [1.82, 2.24) is 9.97 Å². The number of benzene rings is 2. The van der Waals surface area contributed by atoms with Gasteiger partial charge >= 0.3 is 6.18 Å². The van der Waals surface area contributed by atoms with Gasteiger partial charge in [0.1, 0.15) is 17.1 Å². The van der Waals surface area contributed by atoms with Crippen LogP contribution in [0, 0.1) is 0 Å². The molecule has 8 heteroatoms. The average molecular weight is 445 g/mol. The monoisotopic (exact) mass is 444 g/mol. The molecular weight excluding hydrogens is 417 g/mol. The SMILES string of the molecule is CCCCOc1ccc(Nc2ncc(C(F)(F)F)c(Nc3cccc(CCC)c3)n2)cc1. The van der Waals surface area contributed by atoms with Crippen LogP contribution >= 0.6 is 0 Å². The van der Waals surface area contributed by atoms with Crippen LogP contribution in [-0.4, -0.2) is 16.6 Å². The first-order valence-electron chi connectivity index (χ1n) is 10.7. The number of nitrogens with one attached hydrogen (secondary N) is 2. The third-order valence-electron chi connectivity index (χ3n) is 4.70. The van der Waals surface area contributed by atoms with E-state index in [1.165, 1.54) is 0 Å². The molecule has 0 saturated heterocycles. The second-order valence-electron chi connectivity index (χ2n) is 7.38. The maximum atomic E-state index is 13.5. The molecule has 3 aromatic rings. The summed E-state index contributed by atoms with van der Waals surface area (Å²) in [5.74, 6) is 0.486. The summed E-state index contributed by atoms with van der Waals surface area (Å²) in [6, 6.07) is 14.4. The molecule has 0 fully saturated rings. The molecule has 0 radical (unpaired) electrons. The summed E-state index contributed by atoms with van der Waals surface area (Å²) < 4.78 is 46.2. The number of aryl methyl sites for hydroxylation is 1. The summed E-state index contributed by atoms with van der Waals surface area (Å²) in [4.78, 5) is 7.96. The van der Waals surface area contributed by atoms with Crippen molar-refractivity contribution >= 4 is 23.1 Å². The van der Waals surface area contributed by atoms with Gasteiger partial charge in [-0.2, -0.15) is 18.2 Å². The summed E-state index contributed by atoms with van der Waals surface area (Å²) in [5.41, 5.74) is 1.30. The molecule has 0 aliphatic rings. The Hall–Kier alpha value is -3.29. The number of ether oxygens (including phenoxy) is 1. The van der Waals surface area contributed by atoms with Gasteiger partial charge in [-0.05, 0) is 54.8 Å². The first-order valence-corrected chi connectivity index (χ1v) is 10.7. The Labute approximate surface area is 186 Å². The molecule has 0 atom stereocenters. The molecule has 0 amide bonds. The average Bonchev–Trinajstić information content (AvgIpc) is 2.75. The van der Waals surface area contributed by atoms with Crippen molar-refractivity contribution in [2.75, 3.05) is 17.2 Å². The largest absolute Gasteiger partial charge is 0.494 e. The standard InChI is InChI=1S/C24H27F3N4O/c1-3-5-14-32-20-12-10-18(11-13-20)30-23-28-16-21(24(25,26)27)22(31-23)29-19-9-6-8-17(15-19)7-4-2/h6,8-13,15-16H,3-5,7,14H2,1-2H3,(H2,28,29,30,31). The quantitative estimate of drug-likeness (QED) is 0.326. The second kappa shape index (κ2) is 10.8. The molecule has 0 saturated carbocycles. The minimum absolute atomic E-state index is 0.0601. The zero-order valence-corrected chi connectivity index (χ0v) is 18.2. The van der Waals surface area contributed by atoms with Gasteiger partial charge in [-0.3, -0.25) is 0 Å². The first kappa shape index (κ1) is 23.4. The molecule has 2 N–H and O–H groups in total. The van der Waals surface area contributed by atoms with Crippen LogP contribution in [0.1, 0.15) is 44.2 Å². The highest BCUT2D eigenvalue weighted by molar-refractivity contribution is 5.63. The van der Waals surface area contributed by atoms with E-state index in [0.29, 0.717) is 18.0 Å². The van der Waals surface area contributed by atoms with E-state index in [9.17, 15) is 13.2 Å². The molecule has 1 heterocycles. The number of hydrogen-bond donors (Lipinski definition) is 2. The lowest BCUT2D eigenvalue weighted by atomic mass is 10.1. The van der Waals surface area contributed by atoms with E-state index in [-0.39, 0.29) is 11.8 Å². The predicted molar refractivity (Wildman–Crippen MR) is 121 cm³/mol. The number of halogens is 3. The van der Waals surface area contributed by atoms with Crippen molar-refractivity contribution in [3.8, 4) is 5.75 Å². The topological polar surface area (TPSA) is 59.1 Å². The molecule has 0 unspecified atom stereocenters. The molecule has 2 aromatic carbocycles. The molecule has 170 valence electrons. The van der Waals surface area contributed by atoms with Crippen molar-refractivity contribution in [3.05, 3.63) is 65.9 Å². The van der Waals surface area contributed by atoms with Crippen LogP contribution in [0.2, 0.25) is 0 Å². The molecule has 3 rings (SSSR count). The van der Waals surface area contributed by atoms with Crippen LogP contribution in [0.3, 0.4) is 0 Å². The summed E-state index contributed by atoms with van der Waals surface area (Å²) in [6.07, 6.45) is 0.00743. The Kier molecular flexibility index (Phi) is 7.92. The predicted octanol–water partition coefficient (Wildman–Crippen LogP) is 7.11. The van der Waals surface area contributed by atoms with Gasteiger partial charge in [-0.1, -0.05) is 38.8 Å². The summed E-state index contributed by atoms with van der Waals surface area (Å²) in [5, 5.41) is 5.76. The van der Waals surface area contributed by atoms with Crippen molar-refractivity contribution < 1.29 is 17.9 Å². The van der Waals surface area contributed by atoms with Crippen molar-refractivity contribution in [3.63, 3.8) is 0 Å². The van der Waals surface area contributed by atoms with Crippen LogP contribution in [0.5, 0.6) is 5.75 Å². The third kappa shape index (κ3) is 6.60. The van der Waals surface area contributed by atoms with E-state index in [0.717, 1.165) is 43.2 Å². The van der Waals surface area contributed by atoms with Crippen LogP contribution in [0.25, 0.3) is 0 Å². The van der Waals surface area contributed by atoms with Crippen LogP contribution in [0.15, 0.2) is 54.7 Å². The summed E-state index contributed by atoms with van der Waals surface area (Å²) >= 11 is 0. The molecule has 0 bridgehead atoms. The Morgan fingerprint density at radius 3 is 2.41 bits per heavy atom. The zero-order chi connectivity index (χ0) is 23.0. The zero-order valence-electron chi connectivity index (χ0n) is 18.2. The molecule has 1 aromatic heterocycles. The van der Waals surface area contributed by atoms with E-state index in [4.69, 9.17) is 4.74 Å². The highest BCUT2D eigenvalue weighted by atomic mass is 19.4. The number of rotatable bonds is 10. The summed E-state index contributed by atoms with van der Waals surface area (Å²) in [7, 11) is 0. The van der Waals surface area contributed by atoms with Crippen molar-refractivity contribution in [2.24, 2.45) is 0 Å². The van der Waals surface area contributed by atoms with Gasteiger partial charge < -0.3 is 15.4 Å². The minimum atomic E-state index is -4.58. The molecular formula is C24H27F3N4O. The fourth-order valence-corrected chi connectivity index (χ4v) is 3.07. The highest BCUT2D eigenvalue weighted by Gasteiger charge is 2.35. The number of aromatic nitrogens is 2. The highest BCUT2D eigenvalue weighted by Crippen LogP contribution is 2.35. The fourth-order valence-electron chi connectivity index (χ4n) is 3.07. The normalized spacial score (nSPS) is 11.3. The lowest BCUT2D eigenvalue weighted by Crippen LogP contribution is -2.12. The first-order chi connectivity index (χ1) is 15.4. The van der Waals surface area contributed by atoms with Gasteiger partial charge in [-0.25, -0.2) is 4.98 Å².